The van der Waals surface area contributed by atoms with E-state index in [0.29, 0.717) is 21.0 Å². The highest BCUT2D eigenvalue weighted by atomic mass is 35.5. The Morgan fingerprint density at radius 1 is 1.00 bits per heavy atom. The van der Waals surface area contributed by atoms with Crippen molar-refractivity contribution in [1.29, 1.82) is 0 Å². The van der Waals surface area contributed by atoms with Gasteiger partial charge in [0.15, 0.2) is 0 Å². The number of nitrogens with zero attached hydrogens (tertiary/aromatic N) is 1. The van der Waals surface area contributed by atoms with Crippen LogP contribution in [0.1, 0.15) is 20.7 Å². The highest BCUT2D eigenvalue weighted by Crippen LogP contribution is 2.22. The van der Waals surface area contributed by atoms with E-state index >= 15 is 0 Å². The van der Waals surface area contributed by atoms with Crippen molar-refractivity contribution in [1.82, 2.24) is 15.8 Å². The summed E-state index contributed by atoms with van der Waals surface area (Å²) in [5, 5.41) is 0.427. The van der Waals surface area contributed by atoms with Gasteiger partial charge in [-0.25, -0.2) is 0 Å². The summed E-state index contributed by atoms with van der Waals surface area (Å²) < 4.78 is 0. The molecule has 3 amide bonds. The summed E-state index contributed by atoms with van der Waals surface area (Å²) >= 11 is 7.11. The van der Waals surface area contributed by atoms with Crippen molar-refractivity contribution in [2.24, 2.45) is 0 Å². The van der Waals surface area contributed by atoms with E-state index in [0.717, 1.165) is 0 Å². The first-order valence-electron chi connectivity index (χ1n) is 7.66. The Labute approximate surface area is 160 Å². The summed E-state index contributed by atoms with van der Waals surface area (Å²) in [4.78, 5) is 38.3. The average molecular weight is 392 g/mol. The molecule has 2 rings (SSSR count). The summed E-state index contributed by atoms with van der Waals surface area (Å²) in [6, 6.07) is 13.3. The minimum Gasteiger partial charge on any atom is -0.348 e. The molecule has 26 heavy (non-hydrogen) atoms. The molecule has 0 aromatic heterocycles. The normalized spacial score (nSPS) is 10.1. The van der Waals surface area contributed by atoms with Crippen molar-refractivity contribution in [2.45, 2.75) is 4.90 Å². The Hall–Kier alpha value is -2.51. The highest BCUT2D eigenvalue weighted by Gasteiger charge is 2.14. The van der Waals surface area contributed by atoms with E-state index in [1.54, 1.807) is 56.6 Å². The van der Waals surface area contributed by atoms with Crippen LogP contribution in [0.5, 0.6) is 0 Å². The Kier molecular flexibility index (Phi) is 7.06. The molecule has 2 N–H and O–H groups in total. The number of amides is 3. The van der Waals surface area contributed by atoms with Gasteiger partial charge in [-0.3, -0.25) is 25.2 Å². The number of carbonyl (C=O) groups is 3. The molecule has 0 saturated heterocycles. The first-order chi connectivity index (χ1) is 12.4. The summed E-state index contributed by atoms with van der Waals surface area (Å²) in [7, 11) is 3.35. The van der Waals surface area contributed by atoms with Gasteiger partial charge in [0, 0.05) is 29.6 Å². The van der Waals surface area contributed by atoms with Crippen molar-refractivity contribution in [3.05, 3.63) is 64.7 Å². The lowest BCUT2D eigenvalue weighted by Crippen LogP contribution is -2.41. The van der Waals surface area contributed by atoms with Gasteiger partial charge >= 0.3 is 0 Å². The molecule has 0 aliphatic heterocycles. The zero-order valence-electron chi connectivity index (χ0n) is 14.3. The first kappa shape index (κ1) is 19.8. The van der Waals surface area contributed by atoms with E-state index in [-0.39, 0.29) is 11.7 Å². The van der Waals surface area contributed by atoms with E-state index in [2.05, 4.69) is 10.9 Å². The largest absolute Gasteiger partial charge is 0.348 e. The molecule has 6 nitrogen and oxygen atoms in total. The zero-order chi connectivity index (χ0) is 19.1. The predicted octanol–water partition coefficient (Wildman–Crippen LogP) is 2.60. The Balaban J connectivity index is 2.01. The van der Waals surface area contributed by atoms with E-state index in [4.69, 9.17) is 11.6 Å². The lowest BCUT2D eigenvalue weighted by molar-refractivity contribution is -0.125. The van der Waals surface area contributed by atoms with Gasteiger partial charge in [0.1, 0.15) is 0 Å². The van der Waals surface area contributed by atoms with Crippen molar-refractivity contribution >= 4 is 41.1 Å². The molecule has 136 valence electrons. The van der Waals surface area contributed by atoms with Crippen LogP contribution < -0.4 is 10.9 Å². The Bertz CT molecular complexity index is 827. The topological polar surface area (TPSA) is 78.5 Å². The third-order valence-electron chi connectivity index (χ3n) is 3.36. The molecular weight excluding hydrogens is 374 g/mol. The Morgan fingerprint density at radius 3 is 2.38 bits per heavy atom. The molecule has 0 heterocycles. The fraction of sp³-hybridized carbons (Fsp3) is 0.167. The molecule has 2 aromatic carbocycles. The van der Waals surface area contributed by atoms with Gasteiger partial charge in [0.2, 0.25) is 5.91 Å². The van der Waals surface area contributed by atoms with Gasteiger partial charge in [-0.15, -0.1) is 11.8 Å². The fourth-order valence-electron chi connectivity index (χ4n) is 1.93. The monoisotopic (exact) mass is 391 g/mol. The minimum atomic E-state index is -0.478. The molecule has 0 bridgehead atoms. The second-order valence-corrected chi connectivity index (χ2v) is 6.95. The summed E-state index contributed by atoms with van der Waals surface area (Å²) in [5.41, 5.74) is 5.43. The van der Waals surface area contributed by atoms with Crippen LogP contribution in [0.25, 0.3) is 0 Å². The van der Waals surface area contributed by atoms with Crippen molar-refractivity contribution in [2.75, 3.05) is 19.8 Å². The number of benzene rings is 2. The second kappa shape index (κ2) is 9.26. The van der Waals surface area contributed by atoms with Gasteiger partial charge in [-0.05, 0) is 30.3 Å². The van der Waals surface area contributed by atoms with Crippen LogP contribution in [0.4, 0.5) is 0 Å². The van der Waals surface area contributed by atoms with E-state index < -0.39 is 11.8 Å². The minimum absolute atomic E-state index is 0.0560. The van der Waals surface area contributed by atoms with Crippen molar-refractivity contribution in [3.63, 3.8) is 0 Å². The number of nitrogens with one attached hydrogen (secondary N) is 2. The first-order valence-corrected chi connectivity index (χ1v) is 9.03. The van der Waals surface area contributed by atoms with Crippen LogP contribution in [-0.4, -0.2) is 42.5 Å². The third-order valence-corrected chi connectivity index (χ3v) is 4.65. The number of halogens is 1. The van der Waals surface area contributed by atoms with Crippen LogP contribution in [-0.2, 0) is 4.79 Å². The predicted molar refractivity (Wildman–Crippen MR) is 102 cm³/mol. The molecule has 0 fully saturated rings. The van der Waals surface area contributed by atoms with Crippen LogP contribution in [0.3, 0.4) is 0 Å². The zero-order valence-corrected chi connectivity index (χ0v) is 15.9. The van der Waals surface area contributed by atoms with Crippen LogP contribution in [0.2, 0.25) is 5.02 Å². The highest BCUT2D eigenvalue weighted by molar-refractivity contribution is 8.00. The quantitative estimate of drug-likeness (QED) is 0.606. The fourth-order valence-corrected chi connectivity index (χ4v) is 3.15. The maximum absolute atomic E-state index is 12.4. The number of hydrogen-bond donors (Lipinski definition) is 2. The molecular formula is C18H18ClN3O3S. The van der Waals surface area contributed by atoms with Crippen LogP contribution in [0.15, 0.2) is 53.4 Å². The van der Waals surface area contributed by atoms with E-state index in [1.165, 1.54) is 22.7 Å². The molecule has 0 radical (unpaired) electrons. The van der Waals surface area contributed by atoms with Gasteiger partial charge < -0.3 is 4.90 Å². The van der Waals surface area contributed by atoms with Gasteiger partial charge in [-0.1, -0.05) is 29.8 Å². The smallest absolute Gasteiger partial charge is 0.270 e. The van der Waals surface area contributed by atoms with Crippen LogP contribution >= 0.6 is 23.4 Å². The van der Waals surface area contributed by atoms with Gasteiger partial charge in [0.25, 0.3) is 11.8 Å². The van der Waals surface area contributed by atoms with Crippen LogP contribution in [0, 0.1) is 0 Å². The molecule has 2 aromatic rings. The average Bonchev–Trinajstić information content (AvgIpc) is 2.64. The Morgan fingerprint density at radius 2 is 1.69 bits per heavy atom. The summed E-state index contributed by atoms with van der Waals surface area (Å²) in [6.07, 6.45) is 0. The molecule has 0 spiro atoms. The van der Waals surface area contributed by atoms with E-state index in [9.17, 15) is 14.4 Å². The SMILES string of the molecule is CN(C)C(=O)CSc1ccccc1C(=O)NNC(=O)c1cccc(Cl)c1. The van der Waals surface area contributed by atoms with Crippen molar-refractivity contribution < 1.29 is 14.4 Å². The molecule has 8 heteroatoms. The number of carbonyl (C=O) groups excluding carboxylic acids is 3. The second-order valence-electron chi connectivity index (χ2n) is 5.49. The molecule has 0 aliphatic rings. The molecule has 0 saturated carbocycles. The van der Waals surface area contributed by atoms with E-state index in [1.807, 2.05) is 0 Å². The number of hydrazine groups is 1. The number of thioether (sulfide) groups is 1. The maximum Gasteiger partial charge on any atom is 0.270 e. The summed E-state index contributed by atoms with van der Waals surface area (Å²) in [5.74, 6) is -0.791. The number of rotatable bonds is 5. The molecule has 0 unspecified atom stereocenters. The van der Waals surface area contributed by atoms with Gasteiger partial charge in [-0.2, -0.15) is 0 Å². The maximum atomic E-state index is 12.4. The standard InChI is InChI=1S/C18H18ClN3O3S/c1-22(2)16(23)11-26-15-9-4-3-8-14(15)18(25)21-20-17(24)12-6-5-7-13(19)10-12/h3-10H,11H2,1-2H3,(H,20,24)(H,21,25). The summed E-state index contributed by atoms with van der Waals surface area (Å²) in [6.45, 7) is 0. The lowest BCUT2D eigenvalue weighted by Gasteiger charge is -2.12. The van der Waals surface area contributed by atoms with Gasteiger partial charge in [0.05, 0.1) is 11.3 Å². The molecule has 0 aliphatic carbocycles. The van der Waals surface area contributed by atoms with Crippen molar-refractivity contribution in [3.8, 4) is 0 Å². The molecule has 0 atom stereocenters. The number of hydrogen-bond acceptors (Lipinski definition) is 4. The lowest BCUT2D eigenvalue weighted by atomic mass is 10.2. The third kappa shape index (κ3) is 5.50.